The highest BCUT2D eigenvalue weighted by molar-refractivity contribution is 5.94. The lowest BCUT2D eigenvalue weighted by Crippen LogP contribution is -2.73. The summed E-state index contributed by atoms with van der Waals surface area (Å²) in [5, 5.41) is 19.8. The first-order valence-electron chi connectivity index (χ1n) is 10.5. The van der Waals surface area contributed by atoms with Gasteiger partial charge in [-0.3, -0.25) is 4.79 Å². The Kier molecular flexibility index (Phi) is 4.59. The third-order valence-corrected chi connectivity index (χ3v) is 7.83. The maximum atomic E-state index is 12.9. The van der Waals surface area contributed by atoms with Gasteiger partial charge in [0.2, 0.25) is 0 Å². The summed E-state index contributed by atoms with van der Waals surface area (Å²) in [6, 6.07) is 2.51. The van der Waals surface area contributed by atoms with E-state index in [4.69, 9.17) is 9.47 Å². The lowest BCUT2D eigenvalue weighted by molar-refractivity contribution is -0.259. The first-order chi connectivity index (χ1) is 14.0. The molecule has 0 aliphatic heterocycles. The van der Waals surface area contributed by atoms with Crippen LogP contribution in [-0.4, -0.2) is 41.3 Å². The Balaban J connectivity index is 1.69. The second kappa shape index (κ2) is 6.58. The van der Waals surface area contributed by atoms with E-state index in [1.165, 1.54) is 6.07 Å². The molecule has 0 aromatic heterocycles. The fourth-order valence-electron chi connectivity index (χ4n) is 6.63. The lowest BCUT2D eigenvalue weighted by Gasteiger charge is -2.66. The van der Waals surface area contributed by atoms with Crippen LogP contribution in [0, 0.1) is 29.6 Å². The molecule has 30 heavy (non-hydrogen) atoms. The standard InChI is InChI=1S/C24H30O6/c1-13-6-16(26)8-18(27)20(13)21(28)30-19-11-23(4)17-10-22(2,3)9-14(17)7-15(12-25)24(19,23)29-5/h6-8,12,14,17,19,26-27H,9-11H2,1-5H3. The quantitative estimate of drug-likeness (QED) is 0.573. The maximum absolute atomic E-state index is 12.9. The summed E-state index contributed by atoms with van der Waals surface area (Å²) in [6.45, 7) is 8.27. The highest BCUT2D eigenvalue weighted by atomic mass is 16.6. The van der Waals surface area contributed by atoms with E-state index in [1.54, 1.807) is 14.0 Å². The summed E-state index contributed by atoms with van der Waals surface area (Å²) in [4.78, 5) is 25.0. The van der Waals surface area contributed by atoms with Crippen molar-refractivity contribution in [2.24, 2.45) is 22.7 Å². The molecule has 5 atom stereocenters. The van der Waals surface area contributed by atoms with Crippen LogP contribution in [0.3, 0.4) is 0 Å². The van der Waals surface area contributed by atoms with E-state index < -0.39 is 17.7 Å². The predicted molar refractivity (Wildman–Crippen MR) is 110 cm³/mol. The molecule has 6 heteroatoms. The van der Waals surface area contributed by atoms with E-state index >= 15 is 0 Å². The van der Waals surface area contributed by atoms with Crippen molar-refractivity contribution in [2.75, 3.05) is 7.11 Å². The highest BCUT2D eigenvalue weighted by Gasteiger charge is 2.73. The van der Waals surface area contributed by atoms with E-state index in [2.05, 4.69) is 20.8 Å². The van der Waals surface area contributed by atoms with Gasteiger partial charge in [0.15, 0.2) is 0 Å². The van der Waals surface area contributed by atoms with Crippen molar-refractivity contribution in [3.63, 3.8) is 0 Å². The van der Waals surface area contributed by atoms with Crippen molar-refractivity contribution in [1.82, 2.24) is 0 Å². The molecule has 2 saturated carbocycles. The molecule has 2 fully saturated rings. The van der Waals surface area contributed by atoms with Crippen LogP contribution in [0.1, 0.15) is 56.0 Å². The molecular formula is C24H30O6. The molecule has 1 aromatic rings. The monoisotopic (exact) mass is 414 g/mol. The smallest absolute Gasteiger partial charge is 0.342 e. The van der Waals surface area contributed by atoms with Gasteiger partial charge in [-0.1, -0.05) is 26.8 Å². The van der Waals surface area contributed by atoms with Crippen molar-refractivity contribution < 1.29 is 29.3 Å². The van der Waals surface area contributed by atoms with E-state index in [-0.39, 0.29) is 27.9 Å². The first kappa shape index (κ1) is 20.9. The normalized spacial score (nSPS) is 36.2. The van der Waals surface area contributed by atoms with Crippen molar-refractivity contribution in [3.8, 4) is 11.5 Å². The number of benzene rings is 1. The van der Waals surface area contributed by atoms with E-state index in [9.17, 15) is 19.8 Å². The number of carbonyl (C=O) groups is 2. The molecule has 4 rings (SSSR count). The van der Waals surface area contributed by atoms with Gasteiger partial charge in [-0.25, -0.2) is 4.79 Å². The number of ether oxygens (including phenoxy) is 2. The number of hydrogen-bond acceptors (Lipinski definition) is 6. The van der Waals surface area contributed by atoms with Gasteiger partial charge >= 0.3 is 5.97 Å². The highest BCUT2D eigenvalue weighted by Crippen LogP contribution is 2.69. The van der Waals surface area contributed by atoms with Crippen LogP contribution in [0.5, 0.6) is 11.5 Å². The second-order valence-corrected chi connectivity index (χ2v) is 10.2. The van der Waals surface area contributed by atoms with E-state index in [0.29, 0.717) is 29.4 Å². The Morgan fingerprint density at radius 2 is 1.87 bits per heavy atom. The van der Waals surface area contributed by atoms with Crippen molar-refractivity contribution >= 4 is 12.3 Å². The van der Waals surface area contributed by atoms with Crippen LogP contribution < -0.4 is 0 Å². The number of esters is 1. The summed E-state index contributed by atoms with van der Waals surface area (Å²) in [7, 11) is 1.57. The van der Waals surface area contributed by atoms with Gasteiger partial charge in [-0.15, -0.1) is 0 Å². The van der Waals surface area contributed by atoms with E-state index in [0.717, 1.165) is 25.2 Å². The number of phenolic OH excluding ortho intramolecular Hbond substituents is 2. The number of aldehydes is 1. The minimum absolute atomic E-state index is 0.0139. The second-order valence-electron chi connectivity index (χ2n) is 10.2. The molecule has 5 unspecified atom stereocenters. The zero-order valence-electron chi connectivity index (χ0n) is 18.2. The number of phenols is 2. The molecule has 3 aliphatic rings. The topological polar surface area (TPSA) is 93.1 Å². The van der Waals surface area contributed by atoms with Crippen LogP contribution in [0.25, 0.3) is 0 Å². The zero-order chi connectivity index (χ0) is 22.1. The average Bonchev–Trinajstić information content (AvgIpc) is 2.94. The number of fused-ring (bicyclic) bond motifs is 3. The number of carbonyl (C=O) groups excluding carboxylic acids is 2. The molecule has 0 amide bonds. The van der Waals surface area contributed by atoms with Crippen LogP contribution in [0.2, 0.25) is 0 Å². The molecule has 0 heterocycles. The average molecular weight is 414 g/mol. The summed E-state index contributed by atoms with van der Waals surface area (Å²) in [6.07, 6.45) is 4.88. The molecule has 6 nitrogen and oxygen atoms in total. The van der Waals surface area contributed by atoms with Gasteiger partial charge in [0, 0.05) is 24.2 Å². The van der Waals surface area contributed by atoms with Crippen molar-refractivity contribution in [2.45, 2.75) is 58.7 Å². The van der Waals surface area contributed by atoms with Crippen LogP contribution >= 0.6 is 0 Å². The SMILES string of the molecule is COC12C(C=O)=CC3CC(C)(C)CC3C1(C)CC2OC(=O)c1c(C)cc(O)cc1O. The van der Waals surface area contributed by atoms with Gasteiger partial charge in [-0.05, 0) is 55.1 Å². The summed E-state index contributed by atoms with van der Waals surface area (Å²) in [5.74, 6) is -0.492. The third kappa shape index (κ3) is 2.66. The molecule has 0 spiro atoms. The molecular weight excluding hydrogens is 384 g/mol. The lowest BCUT2D eigenvalue weighted by atomic mass is 9.44. The Morgan fingerprint density at radius 1 is 1.17 bits per heavy atom. The van der Waals surface area contributed by atoms with E-state index in [1.807, 2.05) is 6.08 Å². The predicted octanol–water partition coefficient (Wildman–Crippen LogP) is 3.92. The fourth-order valence-corrected chi connectivity index (χ4v) is 6.63. The minimum Gasteiger partial charge on any atom is -0.508 e. The Hall–Kier alpha value is -2.34. The van der Waals surface area contributed by atoms with Crippen LogP contribution in [-0.2, 0) is 14.3 Å². The molecule has 3 aliphatic carbocycles. The van der Waals surface area contributed by atoms with Crippen LogP contribution in [0.15, 0.2) is 23.8 Å². The molecule has 0 saturated heterocycles. The largest absolute Gasteiger partial charge is 0.508 e. The van der Waals surface area contributed by atoms with Gasteiger partial charge in [0.05, 0.1) is 0 Å². The number of rotatable bonds is 4. The molecule has 0 bridgehead atoms. The number of allylic oxidation sites excluding steroid dienone is 1. The summed E-state index contributed by atoms with van der Waals surface area (Å²) in [5.41, 5.74) is -0.154. The number of methoxy groups -OCH3 is 1. The number of hydrogen-bond donors (Lipinski definition) is 2. The Morgan fingerprint density at radius 3 is 2.47 bits per heavy atom. The van der Waals surface area contributed by atoms with Crippen LogP contribution in [0.4, 0.5) is 0 Å². The van der Waals surface area contributed by atoms with Gasteiger partial charge in [0.1, 0.15) is 35.1 Å². The third-order valence-electron chi connectivity index (χ3n) is 7.83. The van der Waals surface area contributed by atoms with Gasteiger partial charge in [0.25, 0.3) is 0 Å². The number of aromatic hydroxyl groups is 2. The fraction of sp³-hybridized carbons (Fsp3) is 0.583. The van der Waals surface area contributed by atoms with Crippen molar-refractivity contribution in [1.29, 1.82) is 0 Å². The Bertz CT molecular complexity index is 924. The first-order valence-corrected chi connectivity index (χ1v) is 10.5. The molecule has 1 aromatic carbocycles. The summed E-state index contributed by atoms with van der Waals surface area (Å²) >= 11 is 0. The Labute approximate surface area is 176 Å². The maximum Gasteiger partial charge on any atom is 0.342 e. The molecule has 2 N–H and O–H groups in total. The molecule has 162 valence electrons. The number of aryl methyl sites for hydroxylation is 1. The van der Waals surface area contributed by atoms with Gasteiger partial charge in [-0.2, -0.15) is 0 Å². The zero-order valence-corrected chi connectivity index (χ0v) is 18.2. The van der Waals surface area contributed by atoms with Crippen molar-refractivity contribution in [3.05, 3.63) is 34.9 Å². The minimum atomic E-state index is -0.994. The van der Waals surface area contributed by atoms with Gasteiger partial charge < -0.3 is 19.7 Å². The molecule has 0 radical (unpaired) electrons. The summed E-state index contributed by atoms with van der Waals surface area (Å²) < 4.78 is 11.8.